The largest absolute Gasteiger partial charge is 0.508 e. The fourth-order valence-corrected chi connectivity index (χ4v) is 3.25. The first-order valence-electron chi connectivity index (χ1n) is 9.51. The molecule has 0 atom stereocenters. The quantitative estimate of drug-likeness (QED) is 0.147. The third-order valence-electron chi connectivity index (χ3n) is 4.85. The van der Waals surface area contributed by atoms with Crippen LogP contribution in [-0.2, 0) is 4.79 Å². The maximum atomic E-state index is 12.2. The molecule has 0 aliphatic rings. The van der Waals surface area contributed by atoms with Crippen LogP contribution in [0.15, 0.2) is 90.5 Å². The molecule has 4 aromatic rings. The Hall–Kier alpha value is -4.05. The van der Waals surface area contributed by atoms with Crippen LogP contribution in [-0.4, -0.2) is 16.2 Å². The lowest BCUT2D eigenvalue weighted by atomic mass is 9.99. The van der Waals surface area contributed by atoms with Crippen molar-refractivity contribution >= 4 is 33.6 Å². The summed E-state index contributed by atoms with van der Waals surface area (Å²) in [4.78, 5) is 12.2. The number of benzene rings is 4. The first-order chi connectivity index (χ1) is 14.5. The topological polar surface area (TPSA) is 66.8 Å². The van der Waals surface area contributed by atoms with Crippen molar-refractivity contribution in [3.63, 3.8) is 0 Å². The highest BCUT2D eigenvalue weighted by Gasteiger charge is 2.07. The number of rotatable bonds is 4. The molecule has 4 aromatic carbocycles. The maximum Gasteiger partial charge on any atom is 0.339 e. The fraction of sp³-hybridized carbons (Fsp3) is 0.0385. The van der Waals surface area contributed by atoms with Gasteiger partial charge in [0.05, 0.1) is 0 Å². The Balaban J connectivity index is 1.57. The normalized spacial score (nSPS) is 12.0. The Morgan fingerprint density at radius 2 is 1.60 bits per heavy atom. The number of esters is 1. The molecule has 0 saturated carbocycles. The lowest BCUT2D eigenvalue weighted by Crippen LogP contribution is -2.08. The molecule has 0 heterocycles. The van der Waals surface area contributed by atoms with Gasteiger partial charge in [0, 0.05) is 5.57 Å². The molecule has 4 nitrogen and oxygen atoms in total. The number of hydrogen-bond acceptors (Lipinski definition) is 4. The number of carbonyl (C=O) groups excluding carboxylic acids is 1. The van der Waals surface area contributed by atoms with Crippen molar-refractivity contribution in [2.24, 2.45) is 0 Å². The van der Waals surface area contributed by atoms with Crippen LogP contribution in [0.5, 0.6) is 17.2 Å². The lowest BCUT2D eigenvalue weighted by molar-refractivity contribution is -0.130. The van der Waals surface area contributed by atoms with Gasteiger partial charge in [-0.2, -0.15) is 0 Å². The monoisotopic (exact) mass is 396 g/mol. The second-order valence-corrected chi connectivity index (χ2v) is 7.04. The molecule has 0 amide bonds. The number of aromatic hydroxyl groups is 2. The highest BCUT2D eigenvalue weighted by molar-refractivity contribution is 6.02. The minimum Gasteiger partial charge on any atom is -0.508 e. The zero-order valence-electron chi connectivity index (χ0n) is 16.4. The standard InChI is InChI=1S/C26H20O4/c1-17(26(29)30-24-12-10-22(27)11-13-24)4-2-5-18-6-3-7-20-14-21-15-23(28)9-8-19(21)16-25(18)20/h2-16,27-28H,1H3/b5-2-,17-4+. The van der Waals surface area contributed by atoms with Crippen molar-refractivity contribution in [1.29, 1.82) is 0 Å². The van der Waals surface area contributed by atoms with E-state index in [2.05, 4.69) is 12.1 Å². The van der Waals surface area contributed by atoms with Gasteiger partial charge in [-0.3, -0.25) is 0 Å². The van der Waals surface area contributed by atoms with E-state index in [0.29, 0.717) is 11.3 Å². The summed E-state index contributed by atoms with van der Waals surface area (Å²) in [5.74, 6) is 0.290. The minimum absolute atomic E-state index is 0.115. The van der Waals surface area contributed by atoms with E-state index in [1.54, 1.807) is 25.1 Å². The smallest absolute Gasteiger partial charge is 0.339 e. The second kappa shape index (κ2) is 8.13. The van der Waals surface area contributed by atoms with E-state index in [1.165, 1.54) is 24.3 Å². The van der Waals surface area contributed by atoms with Gasteiger partial charge in [0.1, 0.15) is 17.2 Å². The van der Waals surface area contributed by atoms with Crippen molar-refractivity contribution < 1.29 is 19.7 Å². The zero-order valence-corrected chi connectivity index (χ0v) is 16.4. The Kier molecular flexibility index (Phi) is 5.22. The molecule has 0 saturated heterocycles. The Morgan fingerprint density at radius 3 is 2.40 bits per heavy atom. The van der Waals surface area contributed by atoms with Crippen molar-refractivity contribution in [1.82, 2.24) is 0 Å². The van der Waals surface area contributed by atoms with Crippen molar-refractivity contribution in [2.45, 2.75) is 6.92 Å². The maximum absolute atomic E-state index is 12.2. The molecule has 0 fully saturated rings. The zero-order chi connectivity index (χ0) is 21.1. The first kappa shape index (κ1) is 19.3. The van der Waals surface area contributed by atoms with E-state index < -0.39 is 5.97 Å². The van der Waals surface area contributed by atoms with Crippen LogP contribution in [0, 0.1) is 0 Å². The van der Waals surface area contributed by atoms with E-state index >= 15 is 0 Å². The van der Waals surface area contributed by atoms with E-state index in [4.69, 9.17) is 4.74 Å². The van der Waals surface area contributed by atoms with Gasteiger partial charge < -0.3 is 14.9 Å². The van der Waals surface area contributed by atoms with Gasteiger partial charge in [0.2, 0.25) is 0 Å². The summed E-state index contributed by atoms with van der Waals surface area (Å²) in [5, 5.41) is 23.2. The SMILES string of the molecule is C/C(=C\C=C/c1cccc2cc3cc(O)ccc3cc12)C(=O)Oc1ccc(O)cc1. The third-order valence-corrected chi connectivity index (χ3v) is 4.85. The molecule has 0 aromatic heterocycles. The summed E-state index contributed by atoms with van der Waals surface area (Å²) in [6.07, 6.45) is 5.48. The van der Waals surface area contributed by atoms with Gasteiger partial charge in [0.25, 0.3) is 0 Å². The van der Waals surface area contributed by atoms with Gasteiger partial charge in [-0.15, -0.1) is 0 Å². The molecule has 0 unspecified atom stereocenters. The number of ether oxygens (including phenoxy) is 1. The molecule has 148 valence electrons. The minimum atomic E-state index is -0.450. The summed E-state index contributed by atoms with van der Waals surface area (Å²) in [6.45, 7) is 1.69. The van der Waals surface area contributed by atoms with E-state index in [0.717, 1.165) is 27.1 Å². The molecule has 0 radical (unpaired) electrons. The van der Waals surface area contributed by atoms with Crippen LogP contribution in [0.1, 0.15) is 12.5 Å². The molecule has 30 heavy (non-hydrogen) atoms. The number of hydrogen-bond donors (Lipinski definition) is 2. The second-order valence-electron chi connectivity index (χ2n) is 7.04. The van der Waals surface area contributed by atoms with Gasteiger partial charge in [-0.25, -0.2) is 4.79 Å². The summed E-state index contributed by atoms with van der Waals surface area (Å²) in [5.41, 5.74) is 1.49. The highest BCUT2D eigenvalue weighted by atomic mass is 16.5. The van der Waals surface area contributed by atoms with Crippen LogP contribution >= 0.6 is 0 Å². The molecule has 0 bridgehead atoms. The predicted octanol–water partition coefficient (Wildman–Crippen LogP) is 5.97. The lowest BCUT2D eigenvalue weighted by Gasteiger charge is -2.06. The van der Waals surface area contributed by atoms with E-state index in [-0.39, 0.29) is 11.5 Å². The van der Waals surface area contributed by atoms with Gasteiger partial charge >= 0.3 is 5.97 Å². The van der Waals surface area contributed by atoms with Crippen LogP contribution in [0.4, 0.5) is 0 Å². The number of phenolic OH excluding ortho intramolecular Hbond substituents is 2. The number of allylic oxidation sites excluding steroid dienone is 2. The van der Waals surface area contributed by atoms with Crippen LogP contribution < -0.4 is 4.74 Å². The van der Waals surface area contributed by atoms with Crippen LogP contribution in [0.2, 0.25) is 0 Å². The van der Waals surface area contributed by atoms with Crippen molar-refractivity contribution in [2.75, 3.05) is 0 Å². The molecular weight excluding hydrogens is 376 g/mol. The molecule has 4 heteroatoms. The summed E-state index contributed by atoms with van der Waals surface area (Å²) >= 11 is 0. The Morgan fingerprint density at radius 1 is 0.833 bits per heavy atom. The summed E-state index contributed by atoms with van der Waals surface area (Å²) < 4.78 is 5.29. The van der Waals surface area contributed by atoms with Crippen LogP contribution in [0.3, 0.4) is 0 Å². The van der Waals surface area contributed by atoms with Crippen LogP contribution in [0.25, 0.3) is 27.6 Å². The molecule has 0 aliphatic carbocycles. The van der Waals surface area contributed by atoms with Gasteiger partial charge in [0.15, 0.2) is 0 Å². The summed E-state index contributed by atoms with van der Waals surface area (Å²) in [7, 11) is 0. The average Bonchev–Trinajstić information content (AvgIpc) is 2.74. The fourth-order valence-electron chi connectivity index (χ4n) is 3.25. The third kappa shape index (κ3) is 4.18. The van der Waals surface area contributed by atoms with Crippen molar-refractivity contribution in [3.8, 4) is 17.2 Å². The van der Waals surface area contributed by atoms with E-state index in [1.807, 2.05) is 36.4 Å². The first-order valence-corrected chi connectivity index (χ1v) is 9.51. The molecule has 0 spiro atoms. The van der Waals surface area contributed by atoms with Gasteiger partial charge in [-0.1, -0.05) is 42.5 Å². The Labute approximate surface area is 174 Å². The number of phenols is 2. The predicted molar refractivity (Wildman–Crippen MR) is 120 cm³/mol. The van der Waals surface area contributed by atoms with Gasteiger partial charge in [-0.05, 0) is 82.6 Å². The van der Waals surface area contributed by atoms with Crippen molar-refractivity contribution in [3.05, 3.63) is 96.1 Å². The summed E-state index contributed by atoms with van der Waals surface area (Å²) in [6, 6.07) is 21.5. The molecular formula is C26H20O4. The number of carbonyl (C=O) groups is 1. The Bertz CT molecular complexity index is 1300. The highest BCUT2D eigenvalue weighted by Crippen LogP contribution is 2.28. The molecule has 0 aliphatic heterocycles. The average molecular weight is 396 g/mol. The number of fused-ring (bicyclic) bond motifs is 2. The molecule has 2 N–H and O–H groups in total. The van der Waals surface area contributed by atoms with E-state index in [9.17, 15) is 15.0 Å². The molecule has 4 rings (SSSR count).